The van der Waals surface area contributed by atoms with Crippen molar-refractivity contribution in [3.63, 3.8) is 0 Å². The molecule has 1 amide bonds. The van der Waals surface area contributed by atoms with Crippen molar-refractivity contribution in [1.82, 2.24) is 20.1 Å². The highest BCUT2D eigenvalue weighted by molar-refractivity contribution is 7.11. The SMILES string of the molecule is CC(C)c1cnc(CC(=O)N2CCN(c3ccc(Cl)nn3)[C@H](C)C2)s1. The van der Waals surface area contributed by atoms with Crippen LogP contribution in [-0.4, -0.2) is 51.7 Å². The van der Waals surface area contributed by atoms with E-state index in [1.54, 1.807) is 17.4 Å². The lowest BCUT2D eigenvalue weighted by Gasteiger charge is -2.40. The largest absolute Gasteiger partial charge is 0.349 e. The van der Waals surface area contributed by atoms with Crippen LogP contribution in [-0.2, 0) is 11.2 Å². The highest BCUT2D eigenvalue weighted by atomic mass is 35.5. The van der Waals surface area contributed by atoms with E-state index in [0.29, 0.717) is 30.6 Å². The number of anilines is 1. The summed E-state index contributed by atoms with van der Waals surface area (Å²) in [5, 5.41) is 9.32. The summed E-state index contributed by atoms with van der Waals surface area (Å²) in [5.74, 6) is 1.38. The van der Waals surface area contributed by atoms with Crippen molar-refractivity contribution in [2.45, 2.75) is 39.2 Å². The predicted octanol–water partition coefficient (Wildman–Crippen LogP) is 2.99. The zero-order valence-corrected chi connectivity index (χ0v) is 16.2. The topological polar surface area (TPSA) is 62.2 Å². The first-order valence-corrected chi connectivity index (χ1v) is 9.61. The Bertz CT molecular complexity index is 733. The van der Waals surface area contributed by atoms with Crippen molar-refractivity contribution in [3.8, 4) is 0 Å². The van der Waals surface area contributed by atoms with Gasteiger partial charge in [-0.2, -0.15) is 0 Å². The van der Waals surface area contributed by atoms with Crippen LogP contribution < -0.4 is 4.90 Å². The Labute approximate surface area is 156 Å². The van der Waals surface area contributed by atoms with Crippen LogP contribution in [0, 0.1) is 0 Å². The number of aromatic nitrogens is 3. The van der Waals surface area contributed by atoms with Gasteiger partial charge in [-0.1, -0.05) is 25.4 Å². The highest BCUT2D eigenvalue weighted by Gasteiger charge is 2.28. The molecule has 1 atom stereocenters. The van der Waals surface area contributed by atoms with Crippen molar-refractivity contribution in [2.24, 2.45) is 0 Å². The van der Waals surface area contributed by atoms with Gasteiger partial charge in [0, 0.05) is 36.8 Å². The maximum absolute atomic E-state index is 12.6. The molecule has 1 aliphatic heterocycles. The van der Waals surface area contributed by atoms with E-state index in [0.717, 1.165) is 17.4 Å². The van der Waals surface area contributed by atoms with Gasteiger partial charge in [-0.05, 0) is 25.0 Å². The maximum Gasteiger partial charge on any atom is 0.229 e. The first kappa shape index (κ1) is 18.1. The van der Waals surface area contributed by atoms with Gasteiger partial charge >= 0.3 is 0 Å². The van der Waals surface area contributed by atoms with Crippen molar-refractivity contribution < 1.29 is 4.79 Å². The number of hydrogen-bond acceptors (Lipinski definition) is 6. The first-order valence-electron chi connectivity index (χ1n) is 8.42. The third-order valence-electron chi connectivity index (χ3n) is 4.34. The average molecular weight is 380 g/mol. The zero-order chi connectivity index (χ0) is 18.0. The number of hydrogen-bond donors (Lipinski definition) is 0. The van der Waals surface area contributed by atoms with Crippen molar-refractivity contribution in [2.75, 3.05) is 24.5 Å². The standard InChI is InChI=1S/C17H22ClN5OS/c1-11(2)13-9-19-16(25-13)8-17(24)22-6-7-23(12(3)10-22)15-5-4-14(18)20-21-15/h4-5,9,11-12H,6-8,10H2,1-3H3/t12-/m1/s1. The number of rotatable bonds is 4. The van der Waals surface area contributed by atoms with E-state index in [-0.39, 0.29) is 11.9 Å². The van der Waals surface area contributed by atoms with E-state index in [4.69, 9.17) is 11.6 Å². The van der Waals surface area contributed by atoms with Gasteiger partial charge in [0.1, 0.15) is 5.01 Å². The molecule has 3 rings (SSSR count). The average Bonchev–Trinajstić information content (AvgIpc) is 3.04. The van der Waals surface area contributed by atoms with E-state index >= 15 is 0 Å². The molecule has 1 aliphatic rings. The number of carbonyl (C=O) groups excluding carboxylic acids is 1. The van der Waals surface area contributed by atoms with Crippen LogP contribution in [0.5, 0.6) is 0 Å². The normalized spacial score (nSPS) is 18.0. The number of piperazine rings is 1. The molecule has 0 unspecified atom stereocenters. The molecule has 0 spiro atoms. The van der Waals surface area contributed by atoms with Crippen LogP contribution >= 0.6 is 22.9 Å². The van der Waals surface area contributed by atoms with Crippen molar-refractivity contribution in [1.29, 1.82) is 0 Å². The van der Waals surface area contributed by atoms with Crippen LogP contribution in [0.15, 0.2) is 18.3 Å². The highest BCUT2D eigenvalue weighted by Crippen LogP contribution is 2.23. The number of carbonyl (C=O) groups is 1. The quantitative estimate of drug-likeness (QED) is 0.817. The molecule has 0 N–H and O–H groups in total. The van der Waals surface area contributed by atoms with Gasteiger partial charge in [-0.3, -0.25) is 4.79 Å². The van der Waals surface area contributed by atoms with Gasteiger partial charge in [0.2, 0.25) is 5.91 Å². The second-order valence-electron chi connectivity index (χ2n) is 6.58. The molecule has 0 radical (unpaired) electrons. The number of halogens is 1. The molecule has 6 nitrogen and oxygen atoms in total. The Balaban J connectivity index is 1.59. The Morgan fingerprint density at radius 1 is 1.36 bits per heavy atom. The summed E-state index contributed by atoms with van der Waals surface area (Å²) < 4.78 is 0. The summed E-state index contributed by atoms with van der Waals surface area (Å²) in [5.41, 5.74) is 0. The Morgan fingerprint density at radius 2 is 2.16 bits per heavy atom. The molecule has 2 aromatic rings. The predicted molar refractivity (Wildman–Crippen MR) is 100 cm³/mol. The molecule has 1 fully saturated rings. The Kier molecular flexibility index (Phi) is 5.54. The fraction of sp³-hybridized carbons (Fsp3) is 0.529. The summed E-state index contributed by atoms with van der Waals surface area (Å²) in [4.78, 5) is 22.3. The van der Waals surface area contributed by atoms with E-state index in [9.17, 15) is 4.79 Å². The van der Waals surface area contributed by atoms with Crippen LogP contribution in [0.2, 0.25) is 5.15 Å². The third kappa shape index (κ3) is 4.27. The lowest BCUT2D eigenvalue weighted by Crippen LogP contribution is -2.54. The number of thiazole rings is 1. The number of amides is 1. The monoisotopic (exact) mass is 379 g/mol. The molecule has 0 bridgehead atoms. The van der Waals surface area contributed by atoms with Crippen LogP contribution in [0.4, 0.5) is 5.82 Å². The second kappa shape index (κ2) is 7.66. The fourth-order valence-electron chi connectivity index (χ4n) is 2.90. The molecule has 0 aromatic carbocycles. The Hall–Kier alpha value is -1.73. The lowest BCUT2D eigenvalue weighted by molar-refractivity contribution is -0.131. The van der Waals surface area contributed by atoms with Gasteiger partial charge in [-0.25, -0.2) is 4.98 Å². The molecular weight excluding hydrogens is 358 g/mol. The van der Waals surface area contributed by atoms with Gasteiger partial charge in [0.25, 0.3) is 0 Å². The molecule has 134 valence electrons. The summed E-state index contributed by atoms with van der Waals surface area (Å²) in [6.07, 6.45) is 2.27. The minimum Gasteiger partial charge on any atom is -0.349 e. The summed E-state index contributed by atoms with van der Waals surface area (Å²) in [7, 11) is 0. The number of nitrogens with zero attached hydrogens (tertiary/aromatic N) is 5. The fourth-order valence-corrected chi connectivity index (χ4v) is 3.92. The zero-order valence-electron chi connectivity index (χ0n) is 14.6. The van der Waals surface area contributed by atoms with E-state index < -0.39 is 0 Å². The summed E-state index contributed by atoms with van der Waals surface area (Å²) in [6.45, 7) is 8.45. The molecule has 3 heterocycles. The lowest BCUT2D eigenvalue weighted by atomic mass is 10.1. The van der Waals surface area contributed by atoms with Crippen LogP contribution in [0.25, 0.3) is 0 Å². The van der Waals surface area contributed by atoms with Crippen molar-refractivity contribution >= 4 is 34.7 Å². The van der Waals surface area contributed by atoms with Crippen LogP contribution in [0.1, 0.15) is 36.6 Å². The molecule has 2 aromatic heterocycles. The Morgan fingerprint density at radius 3 is 2.76 bits per heavy atom. The minimum absolute atomic E-state index is 0.137. The minimum atomic E-state index is 0.137. The third-order valence-corrected chi connectivity index (χ3v) is 5.83. The first-order chi connectivity index (χ1) is 11.9. The maximum atomic E-state index is 12.6. The van der Waals surface area contributed by atoms with E-state index in [2.05, 4.69) is 40.9 Å². The van der Waals surface area contributed by atoms with Gasteiger partial charge in [-0.15, -0.1) is 21.5 Å². The van der Waals surface area contributed by atoms with Crippen LogP contribution in [0.3, 0.4) is 0 Å². The van der Waals surface area contributed by atoms with Gasteiger partial charge in [0.15, 0.2) is 11.0 Å². The van der Waals surface area contributed by atoms with Gasteiger partial charge in [0.05, 0.1) is 6.42 Å². The summed E-state index contributed by atoms with van der Waals surface area (Å²) in [6, 6.07) is 3.78. The summed E-state index contributed by atoms with van der Waals surface area (Å²) >= 11 is 7.43. The van der Waals surface area contributed by atoms with E-state index in [1.807, 2.05) is 17.2 Å². The van der Waals surface area contributed by atoms with Gasteiger partial charge < -0.3 is 9.80 Å². The molecule has 0 saturated carbocycles. The molecular formula is C17H22ClN5OS. The molecule has 1 saturated heterocycles. The molecule has 0 aliphatic carbocycles. The van der Waals surface area contributed by atoms with E-state index in [1.165, 1.54) is 4.88 Å². The second-order valence-corrected chi connectivity index (χ2v) is 8.12. The van der Waals surface area contributed by atoms with Crippen molar-refractivity contribution in [3.05, 3.63) is 33.4 Å². The molecule has 25 heavy (non-hydrogen) atoms. The smallest absolute Gasteiger partial charge is 0.229 e. The molecule has 8 heteroatoms.